The van der Waals surface area contributed by atoms with Crippen molar-refractivity contribution >= 4 is 11.9 Å². The molecule has 1 amide bonds. The van der Waals surface area contributed by atoms with Crippen LogP contribution in [0.5, 0.6) is 0 Å². The van der Waals surface area contributed by atoms with Crippen molar-refractivity contribution in [3.05, 3.63) is 0 Å². The van der Waals surface area contributed by atoms with Crippen molar-refractivity contribution in [2.45, 2.75) is 53.0 Å². The molecule has 17 heavy (non-hydrogen) atoms. The van der Waals surface area contributed by atoms with Gasteiger partial charge in [0.15, 0.2) is 0 Å². The summed E-state index contributed by atoms with van der Waals surface area (Å²) in [4.78, 5) is 24.3. The molecule has 0 aliphatic heterocycles. The first-order chi connectivity index (χ1) is 7.59. The fourth-order valence-electron chi connectivity index (χ4n) is 1.78. The van der Waals surface area contributed by atoms with Gasteiger partial charge in [-0.15, -0.1) is 0 Å². The summed E-state index contributed by atoms with van der Waals surface area (Å²) >= 11 is 0. The second-order valence-electron chi connectivity index (χ2n) is 5.76. The first-order valence-electron chi connectivity index (χ1n) is 6.09. The highest BCUT2D eigenvalue weighted by Crippen LogP contribution is 2.19. The van der Waals surface area contributed by atoms with E-state index in [1.807, 2.05) is 6.92 Å². The number of amides is 1. The third-order valence-electron chi connectivity index (χ3n) is 3.13. The molecule has 4 heteroatoms. The van der Waals surface area contributed by atoms with Crippen LogP contribution >= 0.6 is 0 Å². The van der Waals surface area contributed by atoms with Crippen LogP contribution in [0.1, 0.15) is 47.5 Å². The van der Waals surface area contributed by atoms with E-state index in [0.29, 0.717) is 12.3 Å². The van der Waals surface area contributed by atoms with Crippen LogP contribution in [0.15, 0.2) is 0 Å². The zero-order valence-electron chi connectivity index (χ0n) is 11.8. The average molecular weight is 243 g/mol. The number of aliphatic carboxylic acids is 1. The second kappa shape index (κ2) is 6.03. The van der Waals surface area contributed by atoms with Gasteiger partial charge in [-0.2, -0.15) is 0 Å². The molecule has 0 aliphatic rings. The Morgan fingerprint density at radius 3 is 2.06 bits per heavy atom. The summed E-state index contributed by atoms with van der Waals surface area (Å²) in [6.45, 7) is 9.35. The number of carbonyl (C=O) groups is 2. The lowest BCUT2D eigenvalue weighted by Crippen LogP contribution is -2.51. The Morgan fingerprint density at radius 2 is 1.71 bits per heavy atom. The molecule has 0 radical (unpaired) electrons. The number of carbonyl (C=O) groups excluding carboxylic acids is 1. The smallest absolute Gasteiger partial charge is 0.329 e. The first-order valence-corrected chi connectivity index (χ1v) is 6.09. The predicted octanol–water partition coefficient (Wildman–Crippen LogP) is 2.38. The molecular formula is C13H25NO3. The van der Waals surface area contributed by atoms with E-state index >= 15 is 0 Å². The summed E-state index contributed by atoms with van der Waals surface area (Å²) in [5.41, 5.74) is -1.14. The van der Waals surface area contributed by atoms with Crippen LogP contribution in [0.25, 0.3) is 0 Å². The van der Waals surface area contributed by atoms with Crippen LogP contribution in [0.3, 0.4) is 0 Å². The summed E-state index contributed by atoms with van der Waals surface area (Å²) < 4.78 is 0. The van der Waals surface area contributed by atoms with Gasteiger partial charge in [0.25, 0.3) is 0 Å². The summed E-state index contributed by atoms with van der Waals surface area (Å²) in [7, 11) is 1.55. The highest BCUT2D eigenvalue weighted by molar-refractivity contribution is 5.86. The minimum Gasteiger partial charge on any atom is -0.480 e. The largest absolute Gasteiger partial charge is 0.480 e. The highest BCUT2D eigenvalue weighted by atomic mass is 16.4. The Hall–Kier alpha value is -1.06. The van der Waals surface area contributed by atoms with Gasteiger partial charge < -0.3 is 10.0 Å². The lowest BCUT2D eigenvalue weighted by Gasteiger charge is -2.32. The van der Waals surface area contributed by atoms with E-state index in [-0.39, 0.29) is 11.8 Å². The van der Waals surface area contributed by atoms with Gasteiger partial charge in [0.2, 0.25) is 5.91 Å². The van der Waals surface area contributed by atoms with E-state index in [9.17, 15) is 9.59 Å². The molecule has 0 bridgehead atoms. The SMILES string of the molecule is CC(C)CC(C)CC(=O)N(C)C(C)(C)C(=O)O. The third kappa shape index (κ3) is 4.75. The number of carboxylic acids is 1. The topological polar surface area (TPSA) is 57.6 Å². The Balaban J connectivity index is 4.47. The van der Waals surface area contributed by atoms with Crippen molar-refractivity contribution in [2.75, 3.05) is 7.05 Å². The maximum Gasteiger partial charge on any atom is 0.329 e. The number of hydrogen-bond acceptors (Lipinski definition) is 2. The van der Waals surface area contributed by atoms with Crippen molar-refractivity contribution in [3.8, 4) is 0 Å². The molecule has 0 aromatic carbocycles. The maximum atomic E-state index is 11.9. The van der Waals surface area contributed by atoms with E-state index in [1.165, 1.54) is 4.90 Å². The van der Waals surface area contributed by atoms with Gasteiger partial charge in [0, 0.05) is 13.5 Å². The summed E-state index contributed by atoms with van der Waals surface area (Å²) in [6.07, 6.45) is 1.39. The van der Waals surface area contributed by atoms with E-state index in [4.69, 9.17) is 5.11 Å². The zero-order chi connectivity index (χ0) is 13.8. The molecule has 0 saturated heterocycles. The Labute approximate surface area is 104 Å². The van der Waals surface area contributed by atoms with E-state index in [1.54, 1.807) is 20.9 Å². The van der Waals surface area contributed by atoms with Crippen LogP contribution in [-0.2, 0) is 9.59 Å². The van der Waals surface area contributed by atoms with Crippen LogP contribution in [0.4, 0.5) is 0 Å². The van der Waals surface area contributed by atoms with Gasteiger partial charge in [0.1, 0.15) is 5.54 Å². The van der Waals surface area contributed by atoms with Crippen LogP contribution in [0.2, 0.25) is 0 Å². The van der Waals surface area contributed by atoms with Crippen LogP contribution in [0, 0.1) is 11.8 Å². The van der Waals surface area contributed by atoms with Gasteiger partial charge in [-0.1, -0.05) is 20.8 Å². The molecule has 0 saturated carbocycles. The van der Waals surface area contributed by atoms with Gasteiger partial charge in [-0.05, 0) is 32.1 Å². The predicted molar refractivity (Wildman–Crippen MR) is 67.7 cm³/mol. The fourth-order valence-corrected chi connectivity index (χ4v) is 1.78. The molecule has 0 fully saturated rings. The van der Waals surface area contributed by atoms with Gasteiger partial charge in [-0.25, -0.2) is 4.79 Å². The van der Waals surface area contributed by atoms with Gasteiger partial charge in [0.05, 0.1) is 0 Å². The van der Waals surface area contributed by atoms with E-state index in [0.717, 1.165) is 6.42 Å². The zero-order valence-corrected chi connectivity index (χ0v) is 11.8. The molecule has 0 aliphatic carbocycles. The number of nitrogens with zero attached hydrogens (tertiary/aromatic N) is 1. The van der Waals surface area contributed by atoms with Crippen molar-refractivity contribution in [3.63, 3.8) is 0 Å². The van der Waals surface area contributed by atoms with Crippen molar-refractivity contribution in [2.24, 2.45) is 11.8 Å². The molecular weight excluding hydrogens is 218 g/mol. The third-order valence-corrected chi connectivity index (χ3v) is 3.13. The summed E-state index contributed by atoms with van der Waals surface area (Å²) in [6, 6.07) is 0. The van der Waals surface area contributed by atoms with Crippen LogP contribution in [-0.4, -0.2) is 34.5 Å². The molecule has 0 spiro atoms. The minimum absolute atomic E-state index is 0.106. The van der Waals surface area contributed by atoms with Crippen molar-refractivity contribution in [1.82, 2.24) is 4.90 Å². The number of hydrogen-bond donors (Lipinski definition) is 1. The van der Waals surface area contributed by atoms with Crippen molar-refractivity contribution < 1.29 is 14.7 Å². The van der Waals surface area contributed by atoms with E-state index < -0.39 is 11.5 Å². The summed E-state index contributed by atoms with van der Waals surface area (Å²) in [5.74, 6) is -0.249. The molecule has 100 valence electrons. The lowest BCUT2D eigenvalue weighted by atomic mass is 9.94. The number of likely N-dealkylation sites (N-methyl/N-ethyl adjacent to an activating group) is 1. The molecule has 0 aromatic heterocycles. The minimum atomic E-state index is -1.14. The molecule has 1 unspecified atom stereocenters. The lowest BCUT2D eigenvalue weighted by molar-refractivity contribution is -0.155. The Kier molecular flexibility index (Phi) is 5.66. The van der Waals surface area contributed by atoms with Gasteiger partial charge in [-0.3, -0.25) is 4.79 Å². The van der Waals surface area contributed by atoms with Crippen LogP contribution < -0.4 is 0 Å². The summed E-state index contributed by atoms with van der Waals surface area (Å²) in [5, 5.41) is 9.05. The van der Waals surface area contributed by atoms with E-state index in [2.05, 4.69) is 13.8 Å². The molecule has 0 heterocycles. The molecule has 1 atom stereocenters. The first kappa shape index (κ1) is 15.9. The molecule has 0 rings (SSSR count). The average Bonchev–Trinajstić information content (AvgIpc) is 2.14. The number of carboxylic acid groups (broad SMARTS) is 1. The van der Waals surface area contributed by atoms with Gasteiger partial charge >= 0.3 is 5.97 Å². The second-order valence-corrected chi connectivity index (χ2v) is 5.76. The fraction of sp³-hybridized carbons (Fsp3) is 0.846. The highest BCUT2D eigenvalue weighted by Gasteiger charge is 2.35. The molecule has 1 N–H and O–H groups in total. The Morgan fingerprint density at radius 1 is 1.24 bits per heavy atom. The maximum absolute atomic E-state index is 11.9. The number of rotatable bonds is 6. The molecule has 4 nitrogen and oxygen atoms in total. The van der Waals surface area contributed by atoms with Crippen molar-refractivity contribution in [1.29, 1.82) is 0 Å². The quantitative estimate of drug-likeness (QED) is 0.779. The normalized spacial score (nSPS) is 13.6. The molecule has 0 aromatic rings. The standard InChI is InChI=1S/C13H25NO3/c1-9(2)7-10(3)8-11(15)14(6)13(4,5)12(16)17/h9-10H,7-8H2,1-6H3,(H,16,17). The monoisotopic (exact) mass is 243 g/mol. The Bertz CT molecular complexity index is 284.